The molecule has 228 valence electrons. The van der Waals surface area contributed by atoms with E-state index in [1.807, 2.05) is 13.8 Å². The maximum Gasteiger partial charge on any atom is 0.268 e. The molecule has 2 aliphatic rings. The number of hydrogen-bond donors (Lipinski definition) is 2. The lowest BCUT2D eigenvalue weighted by Gasteiger charge is -2.34. The van der Waals surface area contributed by atoms with Crippen LogP contribution in [0.4, 0.5) is 16.0 Å². The monoisotopic (exact) mass is 620 g/mol. The topological polar surface area (TPSA) is 134 Å². The van der Waals surface area contributed by atoms with Gasteiger partial charge in [-0.1, -0.05) is 11.6 Å². The number of halogens is 2. The Morgan fingerprint density at radius 2 is 1.98 bits per heavy atom. The number of carbonyl (C=O) groups is 3. The number of pyridine rings is 1. The third-order valence-corrected chi connectivity index (χ3v) is 7.77. The molecule has 2 aliphatic heterocycles. The van der Waals surface area contributed by atoms with Gasteiger partial charge in [0.25, 0.3) is 11.8 Å². The number of imidazole rings is 1. The molecule has 12 nitrogen and oxygen atoms in total. The highest BCUT2D eigenvalue weighted by Gasteiger charge is 2.35. The molecule has 3 amide bonds. The molecule has 5 heterocycles. The summed E-state index contributed by atoms with van der Waals surface area (Å²) in [6.07, 6.45) is 3.79. The van der Waals surface area contributed by atoms with Crippen LogP contribution in [0.5, 0.6) is 5.75 Å². The van der Waals surface area contributed by atoms with E-state index in [1.165, 1.54) is 29.4 Å². The highest BCUT2D eigenvalue weighted by atomic mass is 35.5. The lowest BCUT2D eigenvalue weighted by Crippen LogP contribution is -2.48. The maximum absolute atomic E-state index is 15.4. The highest BCUT2D eigenvalue weighted by molar-refractivity contribution is 6.33. The first-order valence-corrected chi connectivity index (χ1v) is 14.5. The van der Waals surface area contributed by atoms with Crippen LogP contribution >= 0.6 is 11.6 Å². The molecule has 14 heteroatoms. The van der Waals surface area contributed by atoms with Crippen molar-refractivity contribution in [2.45, 2.75) is 46.4 Å². The molecule has 0 aliphatic carbocycles. The summed E-state index contributed by atoms with van der Waals surface area (Å²) in [5, 5.41) is 5.80. The molecular weight excluding hydrogens is 591 g/mol. The van der Waals surface area contributed by atoms with Crippen LogP contribution in [0.3, 0.4) is 0 Å². The second-order valence-electron chi connectivity index (χ2n) is 11.1. The predicted octanol–water partition coefficient (Wildman–Crippen LogP) is 3.28. The largest absolute Gasteiger partial charge is 0.477 e. The normalized spacial score (nSPS) is 16.7. The van der Waals surface area contributed by atoms with Crippen LogP contribution in [-0.2, 0) is 16.1 Å². The predicted molar refractivity (Wildman–Crippen MR) is 161 cm³/mol. The molecule has 2 N–H and O–H groups in total. The van der Waals surface area contributed by atoms with Crippen LogP contribution in [0.25, 0.3) is 16.8 Å². The number of carbonyl (C=O) groups excluding carboxylic acids is 3. The number of nitrogens with zero attached hydrogens (tertiary/aromatic N) is 6. The van der Waals surface area contributed by atoms with Gasteiger partial charge in [0.1, 0.15) is 11.5 Å². The van der Waals surface area contributed by atoms with Crippen molar-refractivity contribution in [3.05, 3.63) is 64.6 Å². The summed E-state index contributed by atoms with van der Waals surface area (Å²) in [7, 11) is 0. The van der Waals surface area contributed by atoms with Crippen molar-refractivity contribution in [1.29, 1.82) is 0 Å². The summed E-state index contributed by atoms with van der Waals surface area (Å²) in [6, 6.07) is 4.31. The Bertz CT molecular complexity index is 1810. The average Bonchev–Trinajstić information content (AvgIpc) is 3.28. The van der Waals surface area contributed by atoms with Crippen LogP contribution in [0, 0.1) is 12.7 Å². The minimum atomic E-state index is -0.829. The zero-order chi connectivity index (χ0) is 31.3. The summed E-state index contributed by atoms with van der Waals surface area (Å²) >= 11 is 6.55. The first-order valence-electron chi connectivity index (χ1n) is 14.1. The third kappa shape index (κ3) is 5.39. The molecule has 1 aromatic carbocycles. The van der Waals surface area contributed by atoms with Gasteiger partial charge >= 0.3 is 0 Å². The van der Waals surface area contributed by atoms with E-state index < -0.39 is 11.9 Å². The van der Waals surface area contributed by atoms with Crippen LogP contribution in [0.15, 0.2) is 36.8 Å². The standard InChI is InChI=1S/C30H30ClFN8O4/c1-15(2)36-28(42)18-7-21(31)27-23(8-18)40(29(43)17(4)44-27)13-24-16(3)37-25-9-22(32)20(12-39(24)25)19-10-34-30(35-11-19)38-6-5-33-26(41)14-38/h7-12,15,17H,5-6,13-14H2,1-4H3,(H,33,41)(H,36,42). The van der Waals surface area contributed by atoms with Gasteiger partial charge in [0.15, 0.2) is 11.9 Å². The number of ether oxygens (including phenoxy) is 1. The Balaban J connectivity index is 1.37. The minimum absolute atomic E-state index is 0.0512. The van der Waals surface area contributed by atoms with E-state index in [0.717, 1.165) is 0 Å². The molecule has 1 unspecified atom stereocenters. The number of benzene rings is 1. The smallest absolute Gasteiger partial charge is 0.268 e. The Labute approximate surface area is 257 Å². The molecule has 44 heavy (non-hydrogen) atoms. The van der Waals surface area contributed by atoms with E-state index in [0.29, 0.717) is 53.1 Å². The van der Waals surface area contributed by atoms with Gasteiger partial charge in [0, 0.05) is 60.5 Å². The van der Waals surface area contributed by atoms with Gasteiger partial charge in [0.05, 0.1) is 35.2 Å². The molecule has 1 atom stereocenters. The lowest BCUT2D eigenvalue weighted by atomic mass is 10.1. The molecule has 4 aromatic rings. The van der Waals surface area contributed by atoms with Gasteiger partial charge in [-0.2, -0.15) is 0 Å². The SMILES string of the molecule is Cc1nc2cc(F)c(-c3cnc(N4CCNC(=O)C4)nc3)cn2c1CN1C(=O)C(C)Oc2c(Cl)cc(C(=O)NC(C)C)cc21. The quantitative estimate of drug-likeness (QED) is 0.336. The fourth-order valence-corrected chi connectivity index (χ4v) is 5.58. The summed E-state index contributed by atoms with van der Waals surface area (Å²) in [4.78, 5) is 54.6. The second kappa shape index (κ2) is 11.4. The average molecular weight is 621 g/mol. The van der Waals surface area contributed by atoms with E-state index in [9.17, 15) is 14.4 Å². The zero-order valence-electron chi connectivity index (χ0n) is 24.5. The van der Waals surface area contributed by atoms with E-state index in [4.69, 9.17) is 16.3 Å². The number of anilines is 2. The van der Waals surface area contributed by atoms with Crippen molar-refractivity contribution in [2.75, 3.05) is 29.4 Å². The van der Waals surface area contributed by atoms with Gasteiger partial charge in [0.2, 0.25) is 11.9 Å². The van der Waals surface area contributed by atoms with Crippen molar-refractivity contribution in [1.82, 2.24) is 30.0 Å². The van der Waals surface area contributed by atoms with Crippen LogP contribution in [0.2, 0.25) is 5.02 Å². The molecule has 1 saturated heterocycles. The van der Waals surface area contributed by atoms with Crippen LogP contribution in [0.1, 0.15) is 42.5 Å². The molecule has 0 spiro atoms. The summed E-state index contributed by atoms with van der Waals surface area (Å²) in [5.74, 6) is -0.626. The van der Waals surface area contributed by atoms with Gasteiger partial charge in [-0.3, -0.25) is 19.3 Å². The van der Waals surface area contributed by atoms with Crippen molar-refractivity contribution >= 4 is 46.6 Å². The number of piperazine rings is 1. The van der Waals surface area contributed by atoms with E-state index in [-0.39, 0.29) is 53.0 Å². The molecular formula is C30H30ClFN8O4. The van der Waals surface area contributed by atoms with E-state index >= 15 is 4.39 Å². The molecule has 6 rings (SSSR count). The van der Waals surface area contributed by atoms with Crippen molar-refractivity contribution in [2.24, 2.45) is 0 Å². The maximum atomic E-state index is 15.4. The number of hydrogen-bond acceptors (Lipinski definition) is 8. The van der Waals surface area contributed by atoms with E-state index in [2.05, 4.69) is 25.6 Å². The van der Waals surface area contributed by atoms with Crippen molar-refractivity contribution in [3.8, 4) is 16.9 Å². The highest BCUT2D eigenvalue weighted by Crippen LogP contribution is 2.42. The number of nitrogens with one attached hydrogen (secondary N) is 2. The van der Waals surface area contributed by atoms with Gasteiger partial charge in [-0.05, 0) is 39.8 Å². The number of aromatic nitrogens is 4. The minimum Gasteiger partial charge on any atom is -0.477 e. The Hall–Kier alpha value is -4.78. The molecule has 0 radical (unpaired) electrons. The number of aryl methyl sites for hydroxylation is 1. The van der Waals surface area contributed by atoms with Crippen molar-refractivity contribution < 1.29 is 23.5 Å². The van der Waals surface area contributed by atoms with Gasteiger partial charge < -0.3 is 24.7 Å². The number of rotatable bonds is 6. The molecule has 1 fully saturated rings. The van der Waals surface area contributed by atoms with E-state index in [1.54, 1.807) is 35.4 Å². The number of amides is 3. The first kappa shape index (κ1) is 29.3. The van der Waals surface area contributed by atoms with Gasteiger partial charge in [-0.15, -0.1) is 0 Å². The third-order valence-electron chi connectivity index (χ3n) is 7.49. The first-order chi connectivity index (χ1) is 21.0. The zero-order valence-corrected chi connectivity index (χ0v) is 25.3. The van der Waals surface area contributed by atoms with Gasteiger partial charge in [-0.25, -0.2) is 19.3 Å². The lowest BCUT2D eigenvalue weighted by molar-refractivity contribution is -0.125. The molecule has 0 bridgehead atoms. The summed E-state index contributed by atoms with van der Waals surface area (Å²) in [5.41, 5.74) is 2.86. The van der Waals surface area contributed by atoms with Crippen LogP contribution in [-0.4, -0.2) is 68.9 Å². The Morgan fingerprint density at radius 3 is 2.68 bits per heavy atom. The van der Waals surface area contributed by atoms with Crippen LogP contribution < -0.4 is 25.2 Å². The second-order valence-corrected chi connectivity index (χ2v) is 11.5. The fourth-order valence-electron chi connectivity index (χ4n) is 5.32. The Kier molecular flexibility index (Phi) is 7.58. The summed E-state index contributed by atoms with van der Waals surface area (Å²) in [6.45, 7) is 8.36. The Morgan fingerprint density at radius 1 is 1.23 bits per heavy atom. The number of fused-ring (bicyclic) bond motifs is 2. The molecule has 0 saturated carbocycles. The van der Waals surface area contributed by atoms with Crippen molar-refractivity contribution in [3.63, 3.8) is 0 Å². The fraction of sp³-hybridized carbons (Fsp3) is 0.333. The molecule has 3 aromatic heterocycles. The summed E-state index contributed by atoms with van der Waals surface area (Å²) < 4.78 is 22.9.